The highest BCUT2D eigenvalue weighted by molar-refractivity contribution is 9.10. The van der Waals surface area contributed by atoms with Crippen LogP contribution in [0, 0.1) is 5.92 Å². The third-order valence-electron chi connectivity index (χ3n) is 4.42. The zero-order chi connectivity index (χ0) is 16.9. The number of hydrogen-bond donors (Lipinski definition) is 2. The molecule has 0 saturated carbocycles. The lowest BCUT2D eigenvalue weighted by molar-refractivity contribution is 0.0697. The molecule has 0 spiro atoms. The van der Waals surface area contributed by atoms with Gasteiger partial charge in [0.15, 0.2) is 0 Å². The fourth-order valence-corrected chi connectivity index (χ4v) is 3.48. The first-order valence-corrected chi connectivity index (χ1v) is 8.94. The van der Waals surface area contributed by atoms with Crippen molar-refractivity contribution in [1.82, 2.24) is 5.32 Å². The Kier molecular flexibility index (Phi) is 5.53. The van der Waals surface area contributed by atoms with Crippen LogP contribution >= 0.6 is 15.9 Å². The van der Waals surface area contributed by atoms with Crippen LogP contribution in [0.3, 0.4) is 0 Å². The van der Waals surface area contributed by atoms with E-state index in [2.05, 4.69) is 44.3 Å². The highest BCUT2D eigenvalue weighted by atomic mass is 79.9. The lowest BCUT2D eigenvalue weighted by atomic mass is 10.1. The Balaban J connectivity index is 1.45. The summed E-state index contributed by atoms with van der Waals surface area (Å²) in [6.45, 7) is 3.91. The molecule has 0 aliphatic carbocycles. The van der Waals surface area contributed by atoms with Gasteiger partial charge in [0.05, 0.1) is 5.56 Å². The molecule has 1 aliphatic heterocycles. The molecule has 2 aromatic rings. The van der Waals surface area contributed by atoms with E-state index in [9.17, 15) is 4.79 Å². The summed E-state index contributed by atoms with van der Waals surface area (Å²) in [5, 5.41) is 12.4. The number of halogens is 1. The lowest BCUT2D eigenvalue weighted by Crippen LogP contribution is -2.26. The lowest BCUT2D eigenvalue weighted by Gasteiger charge is -2.19. The van der Waals surface area contributed by atoms with E-state index >= 15 is 0 Å². The van der Waals surface area contributed by atoms with Gasteiger partial charge in [0.2, 0.25) is 0 Å². The van der Waals surface area contributed by atoms with Crippen molar-refractivity contribution < 1.29 is 9.90 Å². The number of carbonyl (C=O) groups is 1. The van der Waals surface area contributed by atoms with Crippen molar-refractivity contribution in [2.45, 2.75) is 13.0 Å². The van der Waals surface area contributed by atoms with Gasteiger partial charge in [-0.25, -0.2) is 4.79 Å². The first-order valence-electron chi connectivity index (χ1n) is 8.15. The Bertz CT molecular complexity index is 703. The monoisotopic (exact) mass is 388 g/mol. The normalized spacial score (nSPS) is 17.2. The molecule has 1 atom stereocenters. The van der Waals surface area contributed by atoms with Gasteiger partial charge in [-0.2, -0.15) is 0 Å². The van der Waals surface area contributed by atoms with Crippen LogP contribution in [0.4, 0.5) is 5.69 Å². The maximum atomic E-state index is 10.8. The van der Waals surface area contributed by atoms with Gasteiger partial charge in [-0.1, -0.05) is 34.1 Å². The van der Waals surface area contributed by atoms with Crippen molar-refractivity contribution in [3.63, 3.8) is 0 Å². The topological polar surface area (TPSA) is 52.6 Å². The smallest absolute Gasteiger partial charge is 0.335 e. The third-order valence-corrected chi connectivity index (χ3v) is 4.92. The Morgan fingerprint density at radius 3 is 2.75 bits per heavy atom. The summed E-state index contributed by atoms with van der Waals surface area (Å²) in [4.78, 5) is 13.3. The molecular weight excluding hydrogens is 368 g/mol. The first kappa shape index (κ1) is 17.0. The van der Waals surface area contributed by atoms with E-state index in [-0.39, 0.29) is 0 Å². The Morgan fingerprint density at radius 1 is 1.25 bits per heavy atom. The van der Waals surface area contributed by atoms with Gasteiger partial charge in [0, 0.05) is 36.3 Å². The molecule has 5 heteroatoms. The summed E-state index contributed by atoms with van der Waals surface area (Å²) < 4.78 is 1.12. The van der Waals surface area contributed by atoms with E-state index in [0.717, 1.165) is 36.2 Å². The average molecular weight is 389 g/mol. The summed E-state index contributed by atoms with van der Waals surface area (Å²) in [6.07, 6.45) is 1.19. The van der Waals surface area contributed by atoms with Crippen molar-refractivity contribution in [1.29, 1.82) is 0 Å². The van der Waals surface area contributed by atoms with Crippen LogP contribution in [0.15, 0.2) is 53.0 Å². The molecule has 1 aliphatic rings. The second-order valence-electron chi connectivity index (χ2n) is 6.21. The second kappa shape index (κ2) is 7.81. The van der Waals surface area contributed by atoms with Crippen LogP contribution in [-0.2, 0) is 6.54 Å². The van der Waals surface area contributed by atoms with Crippen LogP contribution < -0.4 is 10.2 Å². The average Bonchev–Trinajstić information content (AvgIpc) is 3.04. The molecule has 126 valence electrons. The molecule has 3 rings (SSSR count). The number of carboxylic acid groups (broad SMARTS) is 1. The van der Waals surface area contributed by atoms with Crippen molar-refractivity contribution in [2.75, 3.05) is 24.5 Å². The van der Waals surface area contributed by atoms with E-state index in [1.807, 2.05) is 18.2 Å². The van der Waals surface area contributed by atoms with Crippen LogP contribution in [0.2, 0.25) is 0 Å². The highest BCUT2D eigenvalue weighted by Crippen LogP contribution is 2.25. The van der Waals surface area contributed by atoms with Gasteiger partial charge in [0.25, 0.3) is 0 Å². The van der Waals surface area contributed by atoms with Crippen LogP contribution in [0.1, 0.15) is 22.3 Å². The van der Waals surface area contributed by atoms with Crippen LogP contribution in [0.5, 0.6) is 0 Å². The van der Waals surface area contributed by atoms with Crippen molar-refractivity contribution in [2.24, 2.45) is 5.92 Å². The van der Waals surface area contributed by atoms with Gasteiger partial charge in [-0.15, -0.1) is 0 Å². The van der Waals surface area contributed by atoms with E-state index < -0.39 is 5.97 Å². The number of aromatic carboxylic acids is 1. The van der Waals surface area contributed by atoms with Crippen LogP contribution in [0.25, 0.3) is 0 Å². The predicted molar refractivity (Wildman–Crippen MR) is 99.6 cm³/mol. The Hall–Kier alpha value is -1.85. The van der Waals surface area contributed by atoms with Crippen molar-refractivity contribution >= 4 is 27.6 Å². The maximum Gasteiger partial charge on any atom is 0.335 e. The van der Waals surface area contributed by atoms with Gasteiger partial charge in [-0.3, -0.25) is 0 Å². The molecule has 24 heavy (non-hydrogen) atoms. The van der Waals surface area contributed by atoms with E-state index in [1.54, 1.807) is 12.1 Å². The largest absolute Gasteiger partial charge is 0.478 e. The summed E-state index contributed by atoms with van der Waals surface area (Å²) in [5.74, 6) is -0.240. The summed E-state index contributed by atoms with van der Waals surface area (Å²) in [7, 11) is 0. The summed E-state index contributed by atoms with van der Waals surface area (Å²) in [6, 6.07) is 15.5. The van der Waals surface area contributed by atoms with Gasteiger partial charge in [0.1, 0.15) is 0 Å². The van der Waals surface area contributed by atoms with Crippen molar-refractivity contribution in [3.8, 4) is 0 Å². The molecule has 2 aromatic carbocycles. The standard InChI is InChI=1S/C19H21BrN2O2/c20-17-2-1-3-18(10-17)22-9-8-15(13-22)12-21-11-14-4-6-16(7-5-14)19(23)24/h1-7,10,15,21H,8-9,11-13H2,(H,23,24). The van der Waals surface area contributed by atoms with E-state index in [4.69, 9.17) is 5.11 Å². The third kappa shape index (κ3) is 4.36. The molecule has 0 aromatic heterocycles. The zero-order valence-corrected chi connectivity index (χ0v) is 15.0. The Morgan fingerprint density at radius 2 is 2.04 bits per heavy atom. The highest BCUT2D eigenvalue weighted by Gasteiger charge is 2.22. The molecule has 0 amide bonds. The quantitative estimate of drug-likeness (QED) is 0.790. The zero-order valence-electron chi connectivity index (χ0n) is 13.4. The Labute approximate surface area is 150 Å². The predicted octanol–water partition coefficient (Wildman–Crippen LogP) is 3.76. The number of rotatable bonds is 6. The minimum absolute atomic E-state index is 0.333. The molecule has 1 unspecified atom stereocenters. The number of anilines is 1. The van der Waals surface area contributed by atoms with E-state index in [0.29, 0.717) is 11.5 Å². The summed E-state index contributed by atoms with van der Waals surface area (Å²) >= 11 is 3.53. The summed E-state index contributed by atoms with van der Waals surface area (Å²) in [5.41, 5.74) is 2.72. The molecular formula is C19H21BrN2O2. The molecule has 2 N–H and O–H groups in total. The second-order valence-corrected chi connectivity index (χ2v) is 7.13. The van der Waals surface area contributed by atoms with Gasteiger partial charge in [-0.05, 0) is 48.2 Å². The molecule has 1 saturated heterocycles. The van der Waals surface area contributed by atoms with E-state index in [1.165, 1.54) is 12.1 Å². The number of hydrogen-bond acceptors (Lipinski definition) is 3. The fourth-order valence-electron chi connectivity index (χ4n) is 3.09. The van der Waals surface area contributed by atoms with Crippen LogP contribution in [-0.4, -0.2) is 30.7 Å². The molecule has 0 radical (unpaired) electrons. The number of benzene rings is 2. The van der Waals surface area contributed by atoms with Gasteiger partial charge >= 0.3 is 5.97 Å². The number of carboxylic acids is 1. The van der Waals surface area contributed by atoms with Gasteiger partial charge < -0.3 is 15.3 Å². The molecule has 1 heterocycles. The number of nitrogens with zero attached hydrogens (tertiary/aromatic N) is 1. The fraction of sp³-hybridized carbons (Fsp3) is 0.316. The molecule has 1 fully saturated rings. The molecule has 0 bridgehead atoms. The first-order chi connectivity index (χ1) is 11.6. The SMILES string of the molecule is O=C(O)c1ccc(CNCC2CCN(c3cccc(Br)c3)C2)cc1. The number of nitrogens with one attached hydrogen (secondary N) is 1. The minimum atomic E-state index is -0.881. The maximum absolute atomic E-state index is 10.8. The minimum Gasteiger partial charge on any atom is -0.478 e. The van der Waals surface area contributed by atoms with Crippen molar-refractivity contribution in [3.05, 3.63) is 64.1 Å². The molecule has 4 nitrogen and oxygen atoms in total.